The van der Waals surface area contributed by atoms with E-state index in [0.717, 1.165) is 61.1 Å². The van der Waals surface area contributed by atoms with Crippen LogP contribution in [0.25, 0.3) is 0 Å². The van der Waals surface area contributed by atoms with Crippen molar-refractivity contribution in [1.29, 1.82) is 0 Å². The highest BCUT2D eigenvalue weighted by molar-refractivity contribution is 6.30. The number of likely N-dealkylation sites (tertiary alicyclic amines) is 1. The third kappa shape index (κ3) is 4.53. The van der Waals surface area contributed by atoms with Crippen molar-refractivity contribution in [2.75, 3.05) is 40.0 Å². The minimum atomic E-state index is -0.206. The van der Waals surface area contributed by atoms with E-state index in [9.17, 15) is 4.79 Å². The van der Waals surface area contributed by atoms with Crippen LogP contribution >= 0.6 is 11.6 Å². The highest BCUT2D eigenvalue weighted by Crippen LogP contribution is 2.51. The molecule has 1 saturated heterocycles. The van der Waals surface area contributed by atoms with E-state index in [1.54, 1.807) is 0 Å². The molecule has 31 heavy (non-hydrogen) atoms. The van der Waals surface area contributed by atoms with Gasteiger partial charge in [0.25, 0.3) is 0 Å². The van der Waals surface area contributed by atoms with Crippen LogP contribution in [0.4, 0.5) is 4.79 Å². The fourth-order valence-electron chi connectivity index (χ4n) is 5.05. The largest absolute Gasteiger partial charge is 0.457 e. The van der Waals surface area contributed by atoms with Gasteiger partial charge < -0.3 is 14.4 Å². The first-order chi connectivity index (χ1) is 14.9. The van der Waals surface area contributed by atoms with E-state index < -0.39 is 0 Å². The Labute approximate surface area is 190 Å². The second kappa shape index (κ2) is 9.09. The number of carbonyl (C=O) groups is 1. The minimum absolute atomic E-state index is 0.206. The Hall–Kier alpha value is -2.24. The normalized spacial score (nSPS) is 23.7. The monoisotopic (exact) mass is 443 g/mol. The zero-order chi connectivity index (χ0) is 22.0. The number of quaternary nitrogens is 1. The number of likely N-dealkylation sites (N-methyl/N-ethyl adjacent to an activating group) is 1. The summed E-state index contributed by atoms with van der Waals surface area (Å²) >= 11 is 6.36. The maximum atomic E-state index is 12.7. The van der Waals surface area contributed by atoms with Crippen molar-refractivity contribution in [3.05, 3.63) is 58.6 Å². The lowest BCUT2D eigenvalue weighted by Crippen LogP contribution is -2.46. The summed E-state index contributed by atoms with van der Waals surface area (Å²) in [6, 6.07) is 14.1. The SMILES string of the molecule is CCCN(CCC)C(=O)OC[N+]1(C)CC2c3ccccc3Oc3ccc(Cl)cc3C2C1. The van der Waals surface area contributed by atoms with Crippen LogP contribution in [-0.4, -0.2) is 55.4 Å². The average Bonchev–Trinajstić information content (AvgIpc) is 3.05. The second-order valence-electron chi connectivity index (χ2n) is 9.05. The van der Waals surface area contributed by atoms with Gasteiger partial charge in [0.05, 0.1) is 20.1 Å². The lowest BCUT2D eigenvalue weighted by atomic mass is 9.84. The van der Waals surface area contributed by atoms with Crippen molar-refractivity contribution >= 4 is 17.7 Å². The molecule has 0 radical (unpaired) electrons. The maximum Gasteiger partial charge on any atom is 0.414 e. The number of amides is 1. The van der Waals surface area contributed by atoms with E-state index in [-0.39, 0.29) is 17.9 Å². The smallest absolute Gasteiger partial charge is 0.414 e. The molecule has 6 heteroatoms. The molecule has 2 aliphatic rings. The summed E-state index contributed by atoms with van der Waals surface area (Å²) in [5, 5.41) is 0.717. The third-order valence-electron chi connectivity index (χ3n) is 6.42. The minimum Gasteiger partial charge on any atom is -0.457 e. The van der Waals surface area contributed by atoms with Crippen LogP contribution in [0.2, 0.25) is 5.02 Å². The molecule has 2 aromatic carbocycles. The first-order valence-electron chi connectivity index (χ1n) is 11.3. The Morgan fingerprint density at radius 1 is 1.06 bits per heavy atom. The average molecular weight is 444 g/mol. The molecule has 0 N–H and O–H groups in total. The summed E-state index contributed by atoms with van der Waals surface area (Å²) in [5.41, 5.74) is 2.35. The van der Waals surface area contributed by atoms with Gasteiger partial charge in [0, 0.05) is 41.1 Å². The van der Waals surface area contributed by atoms with E-state index in [1.165, 1.54) is 5.56 Å². The number of rotatable bonds is 6. The van der Waals surface area contributed by atoms with Crippen LogP contribution in [0.1, 0.15) is 49.7 Å². The van der Waals surface area contributed by atoms with Gasteiger partial charge in [-0.15, -0.1) is 0 Å². The number of hydrogen-bond donors (Lipinski definition) is 0. The summed E-state index contributed by atoms with van der Waals surface area (Å²) in [6.07, 6.45) is 1.65. The fraction of sp³-hybridized carbons (Fsp3) is 0.480. The first kappa shape index (κ1) is 22.0. The molecular formula is C25H32ClN2O3+. The number of hydrogen-bond acceptors (Lipinski definition) is 3. The van der Waals surface area contributed by atoms with Crippen molar-refractivity contribution in [2.24, 2.45) is 0 Å². The molecule has 2 aromatic rings. The van der Waals surface area contributed by atoms with Crippen LogP contribution in [0.3, 0.4) is 0 Å². The maximum absolute atomic E-state index is 12.7. The predicted octanol–water partition coefficient (Wildman–Crippen LogP) is 5.99. The van der Waals surface area contributed by atoms with Gasteiger partial charge >= 0.3 is 6.09 Å². The van der Waals surface area contributed by atoms with Crippen molar-refractivity contribution in [3.63, 3.8) is 0 Å². The van der Waals surface area contributed by atoms with Crippen LogP contribution in [0.15, 0.2) is 42.5 Å². The lowest BCUT2D eigenvalue weighted by molar-refractivity contribution is -0.915. The van der Waals surface area contributed by atoms with Gasteiger partial charge in [0.2, 0.25) is 6.73 Å². The number of benzene rings is 2. The molecule has 1 fully saturated rings. The summed E-state index contributed by atoms with van der Waals surface area (Å²) in [7, 11) is 2.18. The Kier molecular flexibility index (Phi) is 6.44. The van der Waals surface area contributed by atoms with Gasteiger partial charge in [-0.05, 0) is 37.1 Å². The molecule has 4 rings (SSSR count). The summed E-state index contributed by atoms with van der Waals surface area (Å²) in [5.74, 6) is 2.30. The van der Waals surface area contributed by atoms with Crippen LogP contribution < -0.4 is 4.74 Å². The van der Waals surface area contributed by atoms with Crippen LogP contribution in [-0.2, 0) is 4.74 Å². The molecule has 2 aliphatic heterocycles. The molecule has 0 bridgehead atoms. The van der Waals surface area contributed by atoms with Crippen molar-refractivity contribution in [1.82, 2.24) is 4.90 Å². The van der Waals surface area contributed by atoms with Crippen LogP contribution in [0, 0.1) is 0 Å². The molecule has 3 atom stereocenters. The number of ether oxygens (including phenoxy) is 2. The summed E-state index contributed by atoms with van der Waals surface area (Å²) in [4.78, 5) is 14.5. The molecule has 3 unspecified atom stereocenters. The van der Waals surface area contributed by atoms with Gasteiger partial charge in [0.1, 0.15) is 11.5 Å². The molecule has 0 aromatic heterocycles. The third-order valence-corrected chi connectivity index (χ3v) is 6.65. The molecule has 5 nitrogen and oxygen atoms in total. The Morgan fingerprint density at radius 2 is 1.71 bits per heavy atom. The number of fused-ring (bicyclic) bond motifs is 5. The van der Waals surface area contributed by atoms with Crippen LogP contribution in [0.5, 0.6) is 11.5 Å². The lowest BCUT2D eigenvalue weighted by Gasteiger charge is -2.31. The molecule has 166 valence electrons. The zero-order valence-corrected chi connectivity index (χ0v) is 19.4. The van der Waals surface area contributed by atoms with E-state index in [0.29, 0.717) is 11.2 Å². The van der Waals surface area contributed by atoms with Gasteiger partial charge in [0.15, 0.2) is 0 Å². The topological polar surface area (TPSA) is 38.8 Å². The van der Waals surface area contributed by atoms with E-state index >= 15 is 0 Å². The Bertz CT molecular complexity index is 944. The number of para-hydroxylation sites is 1. The van der Waals surface area contributed by atoms with Gasteiger partial charge in [-0.1, -0.05) is 43.6 Å². The number of halogens is 1. The van der Waals surface area contributed by atoms with Gasteiger partial charge in [-0.25, -0.2) is 4.79 Å². The van der Waals surface area contributed by atoms with E-state index in [2.05, 4.69) is 33.0 Å². The van der Waals surface area contributed by atoms with Gasteiger partial charge in [-0.2, -0.15) is 0 Å². The number of carbonyl (C=O) groups excluding carboxylic acids is 1. The Balaban J connectivity index is 1.58. The summed E-state index contributed by atoms with van der Waals surface area (Å²) < 4.78 is 12.8. The fourth-order valence-corrected chi connectivity index (χ4v) is 5.23. The van der Waals surface area contributed by atoms with Crippen molar-refractivity contribution < 1.29 is 18.8 Å². The highest BCUT2D eigenvalue weighted by atomic mass is 35.5. The predicted molar refractivity (Wildman–Crippen MR) is 123 cm³/mol. The zero-order valence-electron chi connectivity index (χ0n) is 18.6. The molecule has 0 aliphatic carbocycles. The van der Waals surface area contributed by atoms with Crippen molar-refractivity contribution in [3.8, 4) is 11.5 Å². The quantitative estimate of drug-likeness (QED) is 0.515. The van der Waals surface area contributed by atoms with Crippen molar-refractivity contribution in [2.45, 2.75) is 38.5 Å². The number of nitrogens with zero attached hydrogens (tertiary/aromatic N) is 2. The first-order valence-corrected chi connectivity index (χ1v) is 11.6. The van der Waals surface area contributed by atoms with Gasteiger partial charge in [-0.3, -0.25) is 4.48 Å². The van der Waals surface area contributed by atoms with E-state index in [1.807, 2.05) is 35.2 Å². The molecule has 2 heterocycles. The molecule has 0 spiro atoms. The standard InChI is InChI=1S/C25H32ClN2O3/c1-4-12-27(13-5-2)25(29)30-17-28(3)15-21-19-8-6-7-9-23(19)31-24-11-10-18(26)14-20(24)22(21)16-28/h6-11,14,21-22H,4-5,12-13,15-17H2,1-3H3/q+1. The molecule has 0 saturated carbocycles. The molecular weight excluding hydrogens is 412 g/mol. The summed E-state index contributed by atoms with van der Waals surface area (Å²) in [6.45, 7) is 7.75. The Morgan fingerprint density at radius 3 is 2.42 bits per heavy atom. The second-order valence-corrected chi connectivity index (χ2v) is 9.48. The van der Waals surface area contributed by atoms with E-state index in [4.69, 9.17) is 21.1 Å². The molecule has 1 amide bonds. The highest BCUT2D eigenvalue weighted by Gasteiger charge is 2.48.